The highest BCUT2D eigenvalue weighted by molar-refractivity contribution is 7.11. The minimum atomic E-state index is 1.17. The predicted octanol–water partition coefficient (Wildman–Crippen LogP) is 5.33. The van der Waals surface area contributed by atoms with E-state index in [0.717, 1.165) is 0 Å². The second-order valence-electron chi connectivity index (χ2n) is 4.81. The average molecular weight is 253 g/mol. The molecule has 1 aromatic carbocycles. The fourth-order valence-corrected chi connectivity index (χ4v) is 3.63. The summed E-state index contributed by atoms with van der Waals surface area (Å²) in [4.78, 5) is 1.44. The molecule has 0 saturated carbocycles. The van der Waals surface area contributed by atoms with Crippen molar-refractivity contribution in [1.82, 2.24) is 0 Å². The highest BCUT2D eigenvalue weighted by atomic mass is 32.1. The molecule has 1 heteroatoms. The van der Waals surface area contributed by atoms with Crippen LogP contribution in [0.1, 0.15) is 41.3 Å². The van der Waals surface area contributed by atoms with Crippen molar-refractivity contribution in [2.24, 2.45) is 0 Å². The first-order chi connectivity index (χ1) is 8.81. The summed E-state index contributed by atoms with van der Waals surface area (Å²) in [5.41, 5.74) is 5.66. The van der Waals surface area contributed by atoms with Crippen LogP contribution in [0.2, 0.25) is 0 Å². The van der Waals surface area contributed by atoms with Gasteiger partial charge in [-0.15, -0.1) is 11.3 Å². The summed E-state index contributed by atoms with van der Waals surface area (Å²) in [5, 5.41) is 2.19. The normalized spacial score (nSPS) is 14.7. The van der Waals surface area contributed by atoms with Gasteiger partial charge in [-0.2, -0.15) is 0 Å². The van der Waals surface area contributed by atoms with Gasteiger partial charge in [0.25, 0.3) is 0 Å². The molecule has 3 rings (SSSR count). The molecule has 1 aliphatic rings. The maximum Gasteiger partial charge on any atom is 0.0360 e. The van der Waals surface area contributed by atoms with E-state index in [4.69, 9.17) is 0 Å². The Morgan fingerprint density at radius 2 is 1.94 bits per heavy atom. The molecule has 0 unspecified atom stereocenters. The van der Waals surface area contributed by atoms with Crippen LogP contribution in [0, 0.1) is 12.8 Å². The minimum Gasteiger partial charge on any atom is -0.144 e. The summed E-state index contributed by atoms with van der Waals surface area (Å²) >= 11 is 1.86. The van der Waals surface area contributed by atoms with Crippen LogP contribution in [-0.4, -0.2) is 0 Å². The smallest absolute Gasteiger partial charge is 0.0360 e. The number of benzene rings is 1. The molecule has 2 aromatic rings. The Balaban J connectivity index is 2.08. The van der Waals surface area contributed by atoms with Crippen LogP contribution in [0.5, 0.6) is 0 Å². The van der Waals surface area contributed by atoms with Crippen LogP contribution >= 0.6 is 11.3 Å². The number of rotatable bonds is 3. The van der Waals surface area contributed by atoms with Gasteiger partial charge in [0.15, 0.2) is 0 Å². The van der Waals surface area contributed by atoms with Gasteiger partial charge in [0.05, 0.1) is 0 Å². The summed E-state index contributed by atoms with van der Waals surface area (Å²) < 4.78 is 0. The number of thiophene rings is 1. The van der Waals surface area contributed by atoms with Crippen LogP contribution in [0.3, 0.4) is 0 Å². The second-order valence-corrected chi connectivity index (χ2v) is 5.72. The van der Waals surface area contributed by atoms with E-state index >= 15 is 0 Å². The molecule has 0 saturated heterocycles. The molecule has 0 nitrogen and oxygen atoms in total. The van der Waals surface area contributed by atoms with Gasteiger partial charge in [-0.3, -0.25) is 0 Å². The first kappa shape index (κ1) is 11.7. The lowest BCUT2D eigenvalue weighted by Crippen LogP contribution is -1.99. The Morgan fingerprint density at radius 1 is 1.11 bits per heavy atom. The van der Waals surface area contributed by atoms with Crippen molar-refractivity contribution in [3.8, 4) is 0 Å². The monoisotopic (exact) mass is 253 g/mol. The van der Waals surface area contributed by atoms with Crippen LogP contribution < -0.4 is 0 Å². The predicted molar refractivity (Wildman–Crippen MR) is 80.6 cm³/mol. The van der Waals surface area contributed by atoms with Gasteiger partial charge in [0.2, 0.25) is 0 Å². The van der Waals surface area contributed by atoms with E-state index < -0.39 is 0 Å². The third-order valence-corrected chi connectivity index (χ3v) is 4.57. The van der Waals surface area contributed by atoms with Crippen LogP contribution in [-0.2, 0) is 0 Å². The molecular formula is C17H17S. The highest BCUT2D eigenvalue weighted by Gasteiger charge is 2.27. The minimum absolute atomic E-state index is 1.17. The highest BCUT2D eigenvalue weighted by Crippen LogP contribution is 2.45. The zero-order chi connectivity index (χ0) is 12.5. The molecule has 0 bridgehead atoms. The maximum absolute atomic E-state index is 2.36. The third-order valence-electron chi connectivity index (χ3n) is 3.52. The van der Waals surface area contributed by atoms with E-state index in [1.54, 1.807) is 0 Å². The topological polar surface area (TPSA) is 0 Å². The van der Waals surface area contributed by atoms with Crippen LogP contribution in [0.15, 0.2) is 35.7 Å². The number of fused-ring (bicyclic) bond motifs is 1. The molecule has 0 N–H and O–H groups in total. The Morgan fingerprint density at radius 3 is 2.67 bits per heavy atom. The van der Waals surface area contributed by atoms with Crippen molar-refractivity contribution >= 4 is 23.0 Å². The Hall–Kier alpha value is -1.34. The third kappa shape index (κ3) is 1.83. The summed E-state index contributed by atoms with van der Waals surface area (Å²) in [6.07, 6.45) is 4.73. The zero-order valence-electron chi connectivity index (χ0n) is 10.9. The van der Waals surface area contributed by atoms with Gasteiger partial charge in [-0.25, -0.2) is 0 Å². The first-order valence-corrected chi connectivity index (χ1v) is 7.41. The van der Waals surface area contributed by atoms with E-state index in [9.17, 15) is 0 Å². The first-order valence-electron chi connectivity index (χ1n) is 6.53. The van der Waals surface area contributed by atoms with Gasteiger partial charge in [0.1, 0.15) is 0 Å². The van der Waals surface area contributed by atoms with E-state index in [0.29, 0.717) is 0 Å². The SMILES string of the molecule is CCC[C]1C(c2sccc2C)=Cc2ccccc21. The van der Waals surface area contributed by atoms with Crippen molar-refractivity contribution in [2.45, 2.75) is 26.7 Å². The average Bonchev–Trinajstić information content (AvgIpc) is 2.94. The number of hydrogen-bond acceptors (Lipinski definition) is 1. The summed E-state index contributed by atoms with van der Waals surface area (Å²) in [7, 11) is 0. The lowest BCUT2D eigenvalue weighted by atomic mass is 9.90. The molecule has 0 amide bonds. The van der Waals surface area contributed by atoms with Gasteiger partial charge >= 0.3 is 0 Å². The Labute approximate surface area is 113 Å². The summed E-state index contributed by atoms with van der Waals surface area (Å²) in [6, 6.07) is 11.0. The largest absolute Gasteiger partial charge is 0.144 e. The molecule has 1 radical (unpaired) electrons. The van der Waals surface area contributed by atoms with E-state index in [-0.39, 0.29) is 0 Å². The molecule has 0 spiro atoms. The molecule has 0 atom stereocenters. The van der Waals surface area contributed by atoms with Gasteiger partial charge < -0.3 is 0 Å². The van der Waals surface area contributed by atoms with Crippen LogP contribution in [0.4, 0.5) is 0 Å². The Kier molecular flexibility index (Phi) is 3.09. The van der Waals surface area contributed by atoms with E-state index in [1.165, 1.54) is 45.9 Å². The molecule has 1 aliphatic carbocycles. The van der Waals surface area contributed by atoms with Crippen molar-refractivity contribution in [3.63, 3.8) is 0 Å². The van der Waals surface area contributed by atoms with Crippen molar-refractivity contribution in [1.29, 1.82) is 0 Å². The van der Waals surface area contributed by atoms with Crippen molar-refractivity contribution in [3.05, 3.63) is 63.2 Å². The zero-order valence-corrected chi connectivity index (χ0v) is 11.7. The summed E-state index contributed by atoms with van der Waals surface area (Å²) in [6.45, 7) is 4.46. The Bertz CT molecular complexity index is 589. The maximum atomic E-state index is 2.36. The quantitative estimate of drug-likeness (QED) is 0.693. The fourth-order valence-electron chi connectivity index (χ4n) is 2.66. The number of allylic oxidation sites excluding steroid dienone is 1. The second kappa shape index (κ2) is 4.74. The van der Waals surface area contributed by atoms with Crippen molar-refractivity contribution < 1.29 is 0 Å². The molecule has 0 fully saturated rings. The molecule has 1 heterocycles. The van der Waals surface area contributed by atoms with Gasteiger partial charge in [-0.05, 0) is 53.1 Å². The number of hydrogen-bond donors (Lipinski definition) is 0. The van der Waals surface area contributed by atoms with E-state index in [1.807, 2.05) is 11.3 Å². The van der Waals surface area contributed by atoms with Crippen molar-refractivity contribution in [2.75, 3.05) is 0 Å². The van der Waals surface area contributed by atoms with Gasteiger partial charge in [0, 0.05) is 10.8 Å². The molecule has 91 valence electrons. The fraction of sp³-hybridized carbons (Fsp3) is 0.235. The molecular weight excluding hydrogens is 236 g/mol. The van der Waals surface area contributed by atoms with Gasteiger partial charge in [-0.1, -0.05) is 37.6 Å². The lowest BCUT2D eigenvalue weighted by molar-refractivity contribution is 0.873. The molecule has 0 aliphatic heterocycles. The molecule has 1 aromatic heterocycles. The lowest BCUT2D eigenvalue weighted by Gasteiger charge is -2.15. The molecule has 18 heavy (non-hydrogen) atoms. The van der Waals surface area contributed by atoms with E-state index in [2.05, 4.69) is 55.6 Å². The standard InChI is InChI=1S/C17H17S/c1-3-6-15-14-8-5-4-7-13(14)11-16(15)17-12(2)9-10-18-17/h4-5,7-11H,3,6H2,1-2H3. The van der Waals surface area contributed by atoms with Crippen LogP contribution in [0.25, 0.3) is 11.6 Å². The summed E-state index contributed by atoms with van der Waals surface area (Å²) in [5.74, 6) is 1.53. The number of aryl methyl sites for hydroxylation is 1.